The third kappa shape index (κ3) is 4.02. The molecule has 1 saturated heterocycles. The third-order valence-corrected chi connectivity index (χ3v) is 6.42. The summed E-state index contributed by atoms with van der Waals surface area (Å²) in [4.78, 5) is 6.46. The molecule has 0 atom stereocenters. The summed E-state index contributed by atoms with van der Waals surface area (Å²) in [6, 6.07) is 4.97. The molecular weight excluding hydrogens is 412 g/mol. The van der Waals surface area contributed by atoms with Crippen molar-refractivity contribution in [1.29, 1.82) is 0 Å². The second-order valence-corrected chi connectivity index (χ2v) is 8.53. The standard InChI is InChI=1S/C15H19BrN4O4S/c1-11-17-15(18-24-11)10-19-5-7-20(8-6-19)25(21,22)14-9-12(16)3-4-13(14)23-2/h3-4,9H,5-8,10H2,1-2H3. The van der Waals surface area contributed by atoms with Gasteiger partial charge in [0.25, 0.3) is 0 Å². The van der Waals surface area contributed by atoms with Crippen molar-refractivity contribution in [3.8, 4) is 5.75 Å². The van der Waals surface area contributed by atoms with Crippen LogP contribution < -0.4 is 4.74 Å². The zero-order valence-electron chi connectivity index (χ0n) is 14.0. The van der Waals surface area contributed by atoms with Crippen LogP contribution in [-0.4, -0.2) is 61.1 Å². The SMILES string of the molecule is COc1ccc(Br)cc1S(=O)(=O)N1CCN(Cc2noc(C)n2)CC1. The molecule has 0 unspecified atom stereocenters. The van der Waals surface area contributed by atoms with E-state index in [0.29, 0.717) is 54.7 Å². The van der Waals surface area contributed by atoms with Crippen molar-refractivity contribution < 1.29 is 17.7 Å². The molecule has 1 aromatic carbocycles. The van der Waals surface area contributed by atoms with Gasteiger partial charge in [-0.3, -0.25) is 4.90 Å². The number of sulfonamides is 1. The molecule has 136 valence electrons. The second kappa shape index (κ2) is 7.40. The van der Waals surface area contributed by atoms with Crippen molar-refractivity contribution in [3.63, 3.8) is 0 Å². The minimum atomic E-state index is -3.62. The Bertz CT molecular complexity index is 847. The van der Waals surface area contributed by atoms with Crippen molar-refractivity contribution >= 4 is 26.0 Å². The number of methoxy groups -OCH3 is 1. The van der Waals surface area contributed by atoms with E-state index >= 15 is 0 Å². The van der Waals surface area contributed by atoms with Crippen LogP contribution in [-0.2, 0) is 16.6 Å². The first-order chi connectivity index (χ1) is 11.9. The van der Waals surface area contributed by atoms with Crippen LogP contribution in [0.4, 0.5) is 0 Å². The molecule has 0 bridgehead atoms. The molecule has 1 aliphatic rings. The zero-order valence-corrected chi connectivity index (χ0v) is 16.4. The van der Waals surface area contributed by atoms with Crippen molar-refractivity contribution in [2.45, 2.75) is 18.4 Å². The molecule has 0 radical (unpaired) electrons. The van der Waals surface area contributed by atoms with Gasteiger partial charge in [0, 0.05) is 37.6 Å². The Kier molecular flexibility index (Phi) is 5.42. The van der Waals surface area contributed by atoms with Crippen LogP contribution in [0.3, 0.4) is 0 Å². The normalized spacial score (nSPS) is 16.9. The number of halogens is 1. The number of rotatable bonds is 5. The molecule has 1 aromatic heterocycles. The van der Waals surface area contributed by atoms with E-state index in [9.17, 15) is 8.42 Å². The number of hydrogen-bond donors (Lipinski definition) is 0. The number of ether oxygens (including phenoxy) is 1. The molecule has 0 N–H and O–H groups in total. The highest BCUT2D eigenvalue weighted by Crippen LogP contribution is 2.30. The molecule has 3 rings (SSSR count). The minimum Gasteiger partial charge on any atom is -0.495 e. The first-order valence-electron chi connectivity index (χ1n) is 7.75. The highest BCUT2D eigenvalue weighted by atomic mass is 79.9. The van der Waals surface area contributed by atoms with Gasteiger partial charge in [0.05, 0.1) is 13.7 Å². The summed E-state index contributed by atoms with van der Waals surface area (Å²) in [6.45, 7) is 4.29. The lowest BCUT2D eigenvalue weighted by molar-refractivity contribution is 0.176. The maximum atomic E-state index is 13.0. The zero-order chi connectivity index (χ0) is 18.0. The van der Waals surface area contributed by atoms with Crippen molar-refractivity contribution in [1.82, 2.24) is 19.3 Å². The molecule has 1 aliphatic heterocycles. The Balaban J connectivity index is 1.70. The van der Waals surface area contributed by atoms with Crippen LogP contribution in [0.15, 0.2) is 32.1 Å². The highest BCUT2D eigenvalue weighted by molar-refractivity contribution is 9.10. The number of hydrogen-bond acceptors (Lipinski definition) is 7. The van der Waals surface area contributed by atoms with E-state index in [-0.39, 0.29) is 4.90 Å². The first-order valence-corrected chi connectivity index (χ1v) is 9.98. The van der Waals surface area contributed by atoms with E-state index in [1.807, 2.05) is 0 Å². The lowest BCUT2D eigenvalue weighted by atomic mass is 10.3. The summed E-state index contributed by atoms with van der Waals surface area (Å²) in [5.41, 5.74) is 0. The van der Waals surface area contributed by atoms with Crippen LogP contribution in [0.5, 0.6) is 5.75 Å². The fourth-order valence-electron chi connectivity index (χ4n) is 2.72. The van der Waals surface area contributed by atoms with E-state index in [0.717, 1.165) is 0 Å². The third-order valence-electron chi connectivity index (χ3n) is 4.01. The van der Waals surface area contributed by atoms with Gasteiger partial charge in [0.15, 0.2) is 5.82 Å². The summed E-state index contributed by atoms with van der Waals surface area (Å²) >= 11 is 3.32. The number of nitrogens with zero attached hydrogens (tertiary/aromatic N) is 4. The van der Waals surface area contributed by atoms with Gasteiger partial charge < -0.3 is 9.26 Å². The summed E-state index contributed by atoms with van der Waals surface area (Å²) in [6.07, 6.45) is 0. The molecule has 0 saturated carbocycles. The molecule has 2 aromatic rings. The van der Waals surface area contributed by atoms with Gasteiger partial charge >= 0.3 is 0 Å². The van der Waals surface area contributed by atoms with Crippen molar-refractivity contribution in [2.75, 3.05) is 33.3 Å². The minimum absolute atomic E-state index is 0.173. The van der Waals surface area contributed by atoms with Gasteiger partial charge in [0.2, 0.25) is 15.9 Å². The van der Waals surface area contributed by atoms with Gasteiger partial charge in [-0.25, -0.2) is 8.42 Å². The van der Waals surface area contributed by atoms with Crippen LogP contribution >= 0.6 is 15.9 Å². The average Bonchev–Trinajstić information content (AvgIpc) is 3.00. The summed E-state index contributed by atoms with van der Waals surface area (Å²) in [5, 5.41) is 3.88. The number of aromatic nitrogens is 2. The van der Waals surface area contributed by atoms with Crippen molar-refractivity contribution in [3.05, 3.63) is 34.4 Å². The highest BCUT2D eigenvalue weighted by Gasteiger charge is 2.31. The number of piperazine rings is 1. The van der Waals surface area contributed by atoms with Crippen molar-refractivity contribution in [2.24, 2.45) is 0 Å². The van der Waals surface area contributed by atoms with E-state index < -0.39 is 10.0 Å². The Morgan fingerprint density at radius 2 is 2.00 bits per heavy atom. The molecule has 10 heteroatoms. The van der Waals surface area contributed by atoms with Crippen LogP contribution in [0.2, 0.25) is 0 Å². The summed E-state index contributed by atoms with van der Waals surface area (Å²) in [5.74, 6) is 1.48. The maximum absolute atomic E-state index is 13.0. The average molecular weight is 431 g/mol. The summed E-state index contributed by atoms with van der Waals surface area (Å²) in [7, 11) is -2.15. The molecule has 1 fully saturated rings. The molecule has 25 heavy (non-hydrogen) atoms. The topological polar surface area (TPSA) is 88.8 Å². The lowest BCUT2D eigenvalue weighted by Crippen LogP contribution is -2.48. The van der Waals surface area contributed by atoms with Gasteiger partial charge in [-0.15, -0.1) is 0 Å². The predicted molar refractivity (Wildman–Crippen MR) is 93.8 cm³/mol. The number of benzene rings is 1. The van der Waals surface area contributed by atoms with E-state index in [4.69, 9.17) is 9.26 Å². The summed E-state index contributed by atoms with van der Waals surface area (Å²) < 4.78 is 38.3. The fraction of sp³-hybridized carbons (Fsp3) is 0.467. The smallest absolute Gasteiger partial charge is 0.246 e. The molecule has 2 heterocycles. The fourth-order valence-corrected chi connectivity index (χ4v) is 4.84. The van der Waals surface area contributed by atoms with E-state index in [1.165, 1.54) is 11.4 Å². The number of aryl methyl sites for hydroxylation is 1. The predicted octanol–water partition coefficient (Wildman–Crippen LogP) is 1.66. The molecule has 0 amide bonds. The Morgan fingerprint density at radius 1 is 1.28 bits per heavy atom. The van der Waals surface area contributed by atoms with Crippen LogP contribution in [0.1, 0.15) is 11.7 Å². The first kappa shape index (κ1) is 18.3. The second-order valence-electron chi connectivity index (χ2n) is 5.71. The largest absolute Gasteiger partial charge is 0.495 e. The monoisotopic (exact) mass is 430 g/mol. The molecule has 8 nitrogen and oxygen atoms in total. The molecule has 0 aliphatic carbocycles. The Hall–Kier alpha value is -1.49. The van der Waals surface area contributed by atoms with Crippen LogP contribution in [0.25, 0.3) is 0 Å². The Labute approximate surface area is 154 Å². The quantitative estimate of drug-likeness (QED) is 0.712. The van der Waals surface area contributed by atoms with Gasteiger partial charge in [-0.2, -0.15) is 9.29 Å². The van der Waals surface area contributed by atoms with Crippen LogP contribution in [0, 0.1) is 6.92 Å². The van der Waals surface area contributed by atoms with E-state index in [1.54, 1.807) is 25.1 Å². The lowest BCUT2D eigenvalue weighted by Gasteiger charge is -2.33. The molecular formula is C15H19BrN4O4S. The molecule has 0 spiro atoms. The maximum Gasteiger partial charge on any atom is 0.246 e. The van der Waals surface area contributed by atoms with Gasteiger partial charge in [-0.1, -0.05) is 21.1 Å². The Morgan fingerprint density at radius 3 is 2.60 bits per heavy atom. The van der Waals surface area contributed by atoms with Gasteiger partial charge in [-0.05, 0) is 18.2 Å². The van der Waals surface area contributed by atoms with E-state index in [2.05, 4.69) is 31.0 Å². The van der Waals surface area contributed by atoms with Gasteiger partial charge in [0.1, 0.15) is 10.6 Å².